The molecule has 0 saturated heterocycles. The third-order valence-electron chi connectivity index (χ3n) is 0.795. The molecule has 0 radical (unpaired) electrons. The Kier molecular flexibility index (Phi) is 2.23. The van der Waals surface area contributed by atoms with Gasteiger partial charge in [0.05, 0.1) is 8.59 Å². The molecule has 0 N–H and O–H groups in total. The summed E-state index contributed by atoms with van der Waals surface area (Å²) in [5, 5.41) is 0.0712. The van der Waals surface area contributed by atoms with E-state index in [1.807, 2.05) is 22.6 Å². The molecule has 0 atom stereocenters. The summed E-state index contributed by atoms with van der Waals surface area (Å²) in [6.07, 6.45) is 2.70. The summed E-state index contributed by atoms with van der Waals surface area (Å²) >= 11 is 7.20. The first-order valence-corrected chi connectivity index (χ1v) is 3.62. The SMILES string of the molecule is Fc1c(Cl)cncc1I. The van der Waals surface area contributed by atoms with Crippen LogP contribution in [0.4, 0.5) is 4.39 Å². The molecule has 0 spiro atoms. The van der Waals surface area contributed by atoms with Crippen molar-refractivity contribution < 1.29 is 4.39 Å². The molecule has 1 nitrogen and oxygen atoms in total. The van der Waals surface area contributed by atoms with E-state index in [0.717, 1.165) is 0 Å². The molecule has 0 amide bonds. The second-order valence-corrected chi connectivity index (χ2v) is 2.99. The number of aromatic nitrogens is 1. The zero-order valence-corrected chi connectivity index (χ0v) is 7.15. The Balaban J connectivity index is 3.25. The number of pyridine rings is 1. The summed E-state index contributed by atoms with van der Waals surface area (Å²) < 4.78 is 13.0. The van der Waals surface area contributed by atoms with Crippen LogP contribution in [0.2, 0.25) is 5.02 Å². The van der Waals surface area contributed by atoms with E-state index in [1.165, 1.54) is 12.4 Å². The Labute approximate surface area is 70.4 Å². The van der Waals surface area contributed by atoms with Crippen molar-refractivity contribution in [2.75, 3.05) is 0 Å². The maximum absolute atomic E-state index is 12.6. The molecular weight excluding hydrogens is 255 g/mol. The summed E-state index contributed by atoms with van der Waals surface area (Å²) in [5.41, 5.74) is 0. The van der Waals surface area contributed by atoms with Gasteiger partial charge in [0.2, 0.25) is 0 Å². The van der Waals surface area contributed by atoms with Gasteiger partial charge in [-0.3, -0.25) is 4.98 Å². The molecule has 1 heterocycles. The number of rotatable bonds is 0. The third-order valence-corrected chi connectivity index (χ3v) is 1.81. The van der Waals surface area contributed by atoms with Gasteiger partial charge in [0.15, 0.2) is 5.82 Å². The molecule has 0 saturated carbocycles. The van der Waals surface area contributed by atoms with Crippen LogP contribution in [0.1, 0.15) is 0 Å². The van der Waals surface area contributed by atoms with Gasteiger partial charge in [0.25, 0.3) is 0 Å². The number of halogens is 3. The minimum absolute atomic E-state index is 0.0712. The molecule has 1 aromatic heterocycles. The van der Waals surface area contributed by atoms with Gasteiger partial charge in [-0.1, -0.05) is 11.6 Å². The van der Waals surface area contributed by atoms with Crippen LogP contribution < -0.4 is 0 Å². The van der Waals surface area contributed by atoms with Gasteiger partial charge in [0, 0.05) is 12.4 Å². The number of hydrogen-bond acceptors (Lipinski definition) is 1. The highest BCUT2D eigenvalue weighted by molar-refractivity contribution is 14.1. The van der Waals surface area contributed by atoms with Gasteiger partial charge in [0.1, 0.15) is 0 Å². The molecule has 48 valence electrons. The largest absolute Gasteiger partial charge is 0.262 e. The van der Waals surface area contributed by atoms with Gasteiger partial charge in [-0.25, -0.2) is 4.39 Å². The van der Waals surface area contributed by atoms with Crippen molar-refractivity contribution >= 4 is 34.2 Å². The van der Waals surface area contributed by atoms with Crippen molar-refractivity contribution in [2.24, 2.45) is 0 Å². The Morgan fingerprint density at radius 3 is 2.67 bits per heavy atom. The van der Waals surface area contributed by atoms with Crippen LogP contribution in [-0.4, -0.2) is 4.98 Å². The zero-order valence-electron chi connectivity index (χ0n) is 4.24. The van der Waals surface area contributed by atoms with Crippen molar-refractivity contribution in [2.45, 2.75) is 0 Å². The normalized spacial score (nSPS) is 9.67. The van der Waals surface area contributed by atoms with Gasteiger partial charge in [-0.15, -0.1) is 0 Å². The first-order chi connectivity index (χ1) is 4.22. The smallest absolute Gasteiger partial charge is 0.158 e. The van der Waals surface area contributed by atoms with Crippen LogP contribution >= 0.6 is 34.2 Å². The predicted molar refractivity (Wildman–Crippen MR) is 41.9 cm³/mol. The fourth-order valence-corrected chi connectivity index (χ4v) is 1.16. The summed E-state index contributed by atoms with van der Waals surface area (Å²) in [5.74, 6) is -0.396. The zero-order chi connectivity index (χ0) is 6.85. The van der Waals surface area contributed by atoms with Crippen molar-refractivity contribution in [3.8, 4) is 0 Å². The molecule has 0 aromatic carbocycles. The topological polar surface area (TPSA) is 12.9 Å². The maximum Gasteiger partial charge on any atom is 0.158 e. The van der Waals surface area contributed by atoms with Crippen LogP contribution in [0.5, 0.6) is 0 Å². The highest BCUT2D eigenvalue weighted by atomic mass is 127. The second kappa shape index (κ2) is 2.79. The molecule has 9 heavy (non-hydrogen) atoms. The van der Waals surface area contributed by atoms with E-state index < -0.39 is 5.82 Å². The van der Waals surface area contributed by atoms with E-state index in [9.17, 15) is 4.39 Å². The second-order valence-electron chi connectivity index (χ2n) is 1.42. The van der Waals surface area contributed by atoms with Gasteiger partial charge in [-0.2, -0.15) is 0 Å². The lowest BCUT2D eigenvalue weighted by atomic mass is 10.5. The minimum atomic E-state index is -0.396. The van der Waals surface area contributed by atoms with Crippen LogP contribution in [0.15, 0.2) is 12.4 Å². The Morgan fingerprint density at radius 1 is 1.56 bits per heavy atom. The van der Waals surface area contributed by atoms with Gasteiger partial charge >= 0.3 is 0 Å². The monoisotopic (exact) mass is 257 g/mol. The van der Waals surface area contributed by atoms with Crippen molar-refractivity contribution in [3.63, 3.8) is 0 Å². The van der Waals surface area contributed by atoms with E-state index >= 15 is 0 Å². The lowest BCUT2D eigenvalue weighted by Gasteiger charge is -1.92. The van der Waals surface area contributed by atoms with Gasteiger partial charge < -0.3 is 0 Å². The average Bonchev–Trinajstić information content (AvgIpc) is 1.83. The summed E-state index contributed by atoms with van der Waals surface area (Å²) in [6.45, 7) is 0. The fraction of sp³-hybridized carbons (Fsp3) is 0. The fourth-order valence-electron chi connectivity index (χ4n) is 0.396. The van der Waals surface area contributed by atoms with E-state index in [-0.39, 0.29) is 5.02 Å². The summed E-state index contributed by atoms with van der Waals surface area (Å²) in [6, 6.07) is 0. The highest BCUT2D eigenvalue weighted by Gasteiger charge is 2.01. The molecule has 0 aliphatic rings. The lowest BCUT2D eigenvalue weighted by molar-refractivity contribution is 0.618. The Morgan fingerprint density at radius 2 is 2.22 bits per heavy atom. The Bertz CT molecular complexity index is 208. The van der Waals surface area contributed by atoms with Crippen LogP contribution in [0.25, 0.3) is 0 Å². The molecular formula is C5H2ClFIN. The van der Waals surface area contributed by atoms with Crippen molar-refractivity contribution in [3.05, 3.63) is 26.8 Å². The average molecular weight is 257 g/mol. The molecule has 1 rings (SSSR count). The standard InChI is InChI=1S/C5H2ClFIN/c6-3-1-9-2-4(8)5(3)7/h1-2H. The van der Waals surface area contributed by atoms with Crippen LogP contribution in [0, 0.1) is 9.39 Å². The van der Waals surface area contributed by atoms with E-state index in [0.29, 0.717) is 3.57 Å². The quantitative estimate of drug-likeness (QED) is 0.651. The van der Waals surface area contributed by atoms with Crippen molar-refractivity contribution in [1.29, 1.82) is 0 Å². The summed E-state index contributed by atoms with van der Waals surface area (Å²) in [4.78, 5) is 3.67. The van der Waals surface area contributed by atoms with Crippen LogP contribution in [-0.2, 0) is 0 Å². The number of hydrogen-bond donors (Lipinski definition) is 0. The molecule has 0 aliphatic heterocycles. The molecule has 0 unspecified atom stereocenters. The number of nitrogens with zero attached hydrogens (tertiary/aromatic N) is 1. The first-order valence-electron chi connectivity index (χ1n) is 2.16. The molecule has 1 aromatic rings. The lowest BCUT2D eigenvalue weighted by Crippen LogP contribution is -1.83. The maximum atomic E-state index is 12.6. The highest BCUT2D eigenvalue weighted by Crippen LogP contribution is 2.16. The third kappa shape index (κ3) is 1.52. The van der Waals surface area contributed by atoms with E-state index in [2.05, 4.69) is 4.98 Å². The predicted octanol–water partition coefficient (Wildman–Crippen LogP) is 2.48. The van der Waals surface area contributed by atoms with Crippen molar-refractivity contribution in [1.82, 2.24) is 4.98 Å². The molecule has 0 bridgehead atoms. The molecule has 4 heteroatoms. The van der Waals surface area contributed by atoms with Crippen LogP contribution in [0.3, 0.4) is 0 Å². The Hall–Kier alpha value is 0.100. The van der Waals surface area contributed by atoms with E-state index in [4.69, 9.17) is 11.6 Å². The minimum Gasteiger partial charge on any atom is -0.262 e. The summed E-state index contributed by atoms with van der Waals surface area (Å²) in [7, 11) is 0. The first kappa shape index (κ1) is 7.21. The van der Waals surface area contributed by atoms with Gasteiger partial charge in [-0.05, 0) is 22.6 Å². The molecule has 0 fully saturated rings. The van der Waals surface area contributed by atoms with E-state index in [1.54, 1.807) is 0 Å². The molecule has 0 aliphatic carbocycles.